The molecule has 1 aliphatic rings. The fraction of sp³-hybridized carbons (Fsp3) is 0.238. The van der Waals surface area contributed by atoms with E-state index < -0.39 is 30.5 Å². The zero-order chi connectivity index (χ0) is 20.1. The SMILES string of the molecule is COC(=O)[C@@H]1Cc2ccccc2CN1C(=O)COC(=O)c1ccc(C#N)cc1. The van der Waals surface area contributed by atoms with E-state index in [1.807, 2.05) is 30.3 Å². The summed E-state index contributed by atoms with van der Waals surface area (Å²) in [5.74, 6) is -1.67. The molecule has 142 valence electrons. The summed E-state index contributed by atoms with van der Waals surface area (Å²) in [5, 5.41) is 8.79. The van der Waals surface area contributed by atoms with Crippen molar-refractivity contribution in [2.75, 3.05) is 13.7 Å². The summed E-state index contributed by atoms with van der Waals surface area (Å²) in [6.45, 7) is -0.252. The minimum atomic E-state index is -0.763. The highest BCUT2D eigenvalue weighted by Gasteiger charge is 2.35. The van der Waals surface area contributed by atoms with Gasteiger partial charge in [-0.2, -0.15) is 5.26 Å². The van der Waals surface area contributed by atoms with Crippen LogP contribution < -0.4 is 0 Å². The van der Waals surface area contributed by atoms with Gasteiger partial charge in [0, 0.05) is 13.0 Å². The number of ether oxygens (including phenoxy) is 2. The molecule has 0 N–H and O–H groups in total. The van der Waals surface area contributed by atoms with Gasteiger partial charge in [0.1, 0.15) is 6.04 Å². The van der Waals surface area contributed by atoms with Gasteiger partial charge in [-0.15, -0.1) is 0 Å². The highest BCUT2D eigenvalue weighted by molar-refractivity contribution is 5.92. The van der Waals surface area contributed by atoms with Crippen molar-refractivity contribution in [1.82, 2.24) is 4.90 Å². The number of carbonyl (C=O) groups is 3. The van der Waals surface area contributed by atoms with Crippen LogP contribution in [0.3, 0.4) is 0 Å². The molecule has 7 nitrogen and oxygen atoms in total. The smallest absolute Gasteiger partial charge is 0.338 e. The maximum Gasteiger partial charge on any atom is 0.338 e. The standard InChI is InChI=1S/C21H18N2O5/c1-27-21(26)18-10-16-4-2-3-5-17(16)12-23(18)19(24)13-28-20(25)15-8-6-14(11-22)7-9-15/h2-9,18H,10,12-13H2,1H3/t18-/m0/s1. The Bertz CT molecular complexity index is 946. The first-order chi connectivity index (χ1) is 13.5. The van der Waals surface area contributed by atoms with Gasteiger partial charge in [-0.3, -0.25) is 4.79 Å². The fourth-order valence-electron chi connectivity index (χ4n) is 3.11. The molecule has 0 radical (unpaired) electrons. The zero-order valence-corrected chi connectivity index (χ0v) is 15.3. The van der Waals surface area contributed by atoms with Crippen molar-refractivity contribution in [3.05, 3.63) is 70.8 Å². The Morgan fingerprint density at radius 3 is 2.43 bits per heavy atom. The Kier molecular flexibility index (Phi) is 5.70. The molecule has 0 aromatic heterocycles. The van der Waals surface area contributed by atoms with Crippen molar-refractivity contribution in [2.24, 2.45) is 0 Å². The molecule has 1 amide bonds. The quantitative estimate of drug-likeness (QED) is 0.753. The highest BCUT2D eigenvalue weighted by atomic mass is 16.5. The van der Waals surface area contributed by atoms with Crippen molar-refractivity contribution in [3.63, 3.8) is 0 Å². The summed E-state index contributed by atoms with van der Waals surface area (Å²) in [6, 6.07) is 14.7. The van der Waals surface area contributed by atoms with Crippen LogP contribution in [0.4, 0.5) is 0 Å². The molecule has 0 aliphatic carbocycles. The average molecular weight is 378 g/mol. The number of benzene rings is 2. The second-order valence-electron chi connectivity index (χ2n) is 6.30. The van der Waals surface area contributed by atoms with Crippen molar-refractivity contribution in [2.45, 2.75) is 19.0 Å². The normalized spacial score (nSPS) is 15.1. The van der Waals surface area contributed by atoms with E-state index in [9.17, 15) is 14.4 Å². The van der Waals surface area contributed by atoms with Gasteiger partial charge in [-0.05, 0) is 35.4 Å². The lowest BCUT2D eigenvalue weighted by atomic mass is 9.94. The van der Waals surface area contributed by atoms with Crippen LogP contribution in [0, 0.1) is 11.3 Å². The van der Waals surface area contributed by atoms with E-state index in [1.165, 1.54) is 36.3 Å². The number of amides is 1. The third-order valence-corrected chi connectivity index (χ3v) is 4.62. The van der Waals surface area contributed by atoms with Gasteiger partial charge in [-0.25, -0.2) is 9.59 Å². The Hall–Kier alpha value is -3.66. The predicted molar refractivity (Wildman–Crippen MR) is 97.9 cm³/mol. The topological polar surface area (TPSA) is 96.7 Å². The summed E-state index contributed by atoms with van der Waals surface area (Å²) in [6.07, 6.45) is 0.345. The molecule has 7 heteroatoms. The van der Waals surface area contributed by atoms with E-state index >= 15 is 0 Å². The van der Waals surface area contributed by atoms with E-state index in [2.05, 4.69) is 0 Å². The molecule has 1 atom stereocenters. The molecule has 0 fully saturated rings. The molecule has 0 spiro atoms. The number of carbonyl (C=O) groups excluding carboxylic acids is 3. The maximum atomic E-state index is 12.7. The predicted octanol–water partition coefficient (Wildman–Crippen LogP) is 1.84. The van der Waals surface area contributed by atoms with E-state index in [0.29, 0.717) is 12.0 Å². The Balaban J connectivity index is 1.70. The lowest BCUT2D eigenvalue weighted by Gasteiger charge is -2.35. The monoisotopic (exact) mass is 378 g/mol. The molecule has 1 heterocycles. The van der Waals surface area contributed by atoms with E-state index in [1.54, 1.807) is 0 Å². The number of hydrogen-bond acceptors (Lipinski definition) is 6. The van der Waals surface area contributed by atoms with Gasteiger partial charge >= 0.3 is 11.9 Å². The van der Waals surface area contributed by atoms with Crippen molar-refractivity contribution >= 4 is 17.8 Å². The molecule has 0 bridgehead atoms. The Labute approximate surface area is 162 Å². The fourth-order valence-corrected chi connectivity index (χ4v) is 3.11. The van der Waals surface area contributed by atoms with Crippen LogP contribution in [0.5, 0.6) is 0 Å². The van der Waals surface area contributed by atoms with Gasteiger partial charge < -0.3 is 14.4 Å². The van der Waals surface area contributed by atoms with Crippen molar-refractivity contribution in [3.8, 4) is 6.07 Å². The van der Waals surface area contributed by atoms with Crippen LogP contribution in [0.2, 0.25) is 0 Å². The van der Waals surface area contributed by atoms with E-state index in [4.69, 9.17) is 14.7 Å². The summed E-state index contributed by atoms with van der Waals surface area (Å²) in [4.78, 5) is 38.3. The molecule has 0 unspecified atom stereocenters. The maximum absolute atomic E-state index is 12.7. The summed E-state index contributed by atoms with van der Waals surface area (Å²) >= 11 is 0. The largest absolute Gasteiger partial charge is 0.467 e. The summed E-state index contributed by atoms with van der Waals surface area (Å²) in [5.41, 5.74) is 2.58. The second-order valence-corrected chi connectivity index (χ2v) is 6.30. The minimum absolute atomic E-state index is 0.236. The number of nitrogens with zero attached hydrogens (tertiary/aromatic N) is 2. The number of nitriles is 1. The second kappa shape index (κ2) is 8.35. The van der Waals surface area contributed by atoms with E-state index in [0.717, 1.165) is 11.1 Å². The highest BCUT2D eigenvalue weighted by Crippen LogP contribution is 2.24. The van der Waals surface area contributed by atoms with Gasteiger partial charge in [0.2, 0.25) is 0 Å². The van der Waals surface area contributed by atoms with Crippen molar-refractivity contribution in [1.29, 1.82) is 5.26 Å². The summed E-state index contributed by atoms with van der Waals surface area (Å²) < 4.78 is 9.94. The van der Waals surface area contributed by atoms with Crippen LogP contribution >= 0.6 is 0 Å². The Morgan fingerprint density at radius 1 is 1.11 bits per heavy atom. The number of methoxy groups -OCH3 is 1. The zero-order valence-electron chi connectivity index (χ0n) is 15.3. The number of rotatable bonds is 4. The number of hydrogen-bond donors (Lipinski definition) is 0. The summed E-state index contributed by atoms with van der Waals surface area (Å²) in [7, 11) is 1.27. The van der Waals surface area contributed by atoms with Crippen LogP contribution in [-0.2, 0) is 32.0 Å². The van der Waals surface area contributed by atoms with Gasteiger partial charge in [0.05, 0.1) is 24.3 Å². The van der Waals surface area contributed by atoms with Gasteiger partial charge in [-0.1, -0.05) is 24.3 Å². The molecule has 0 saturated heterocycles. The lowest BCUT2D eigenvalue weighted by Crippen LogP contribution is -2.50. The Morgan fingerprint density at radius 2 is 1.79 bits per heavy atom. The lowest BCUT2D eigenvalue weighted by molar-refractivity contribution is -0.155. The molecule has 2 aromatic rings. The molecule has 28 heavy (non-hydrogen) atoms. The number of esters is 2. The average Bonchev–Trinajstić information content (AvgIpc) is 2.75. The molecular weight excluding hydrogens is 360 g/mol. The van der Waals surface area contributed by atoms with Crippen molar-refractivity contribution < 1.29 is 23.9 Å². The minimum Gasteiger partial charge on any atom is -0.467 e. The van der Waals surface area contributed by atoms with Crippen LogP contribution in [0.1, 0.15) is 27.0 Å². The number of fused-ring (bicyclic) bond motifs is 1. The van der Waals surface area contributed by atoms with Crippen LogP contribution in [-0.4, -0.2) is 42.5 Å². The molecule has 0 saturated carbocycles. The van der Waals surface area contributed by atoms with Crippen LogP contribution in [0.15, 0.2) is 48.5 Å². The third kappa shape index (κ3) is 4.01. The molecule has 2 aromatic carbocycles. The van der Waals surface area contributed by atoms with E-state index in [-0.39, 0.29) is 12.1 Å². The first-order valence-corrected chi connectivity index (χ1v) is 8.65. The molecular formula is C21H18N2O5. The van der Waals surface area contributed by atoms with Crippen LogP contribution in [0.25, 0.3) is 0 Å². The first-order valence-electron chi connectivity index (χ1n) is 8.65. The molecule has 1 aliphatic heterocycles. The molecule has 3 rings (SSSR count). The first kappa shape index (κ1) is 19.1. The van der Waals surface area contributed by atoms with Gasteiger partial charge in [0.25, 0.3) is 5.91 Å². The van der Waals surface area contributed by atoms with Gasteiger partial charge in [0.15, 0.2) is 6.61 Å². The third-order valence-electron chi connectivity index (χ3n) is 4.62.